The van der Waals surface area contributed by atoms with E-state index in [1.165, 1.54) is 0 Å². The fraction of sp³-hybridized carbons (Fsp3) is 0.312. The van der Waals surface area contributed by atoms with Crippen LogP contribution in [0.4, 0.5) is 5.69 Å². The third-order valence-electron chi connectivity index (χ3n) is 3.65. The van der Waals surface area contributed by atoms with Crippen molar-refractivity contribution in [3.63, 3.8) is 0 Å². The van der Waals surface area contributed by atoms with Crippen molar-refractivity contribution in [2.75, 3.05) is 11.9 Å². The predicted octanol–water partition coefficient (Wildman–Crippen LogP) is 2.01. The highest BCUT2D eigenvalue weighted by molar-refractivity contribution is 6.05. The molecule has 23 heavy (non-hydrogen) atoms. The summed E-state index contributed by atoms with van der Waals surface area (Å²) in [6.45, 7) is -0.425. The summed E-state index contributed by atoms with van der Waals surface area (Å²) >= 11 is 0. The lowest BCUT2D eigenvalue weighted by Gasteiger charge is -2.09. The Labute approximate surface area is 132 Å². The van der Waals surface area contributed by atoms with E-state index in [1.807, 2.05) is 7.05 Å². The van der Waals surface area contributed by atoms with E-state index < -0.39 is 12.6 Å². The number of rotatable bonds is 6. The molecule has 1 heterocycles. The predicted molar refractivity (Wildman–Crippen MR) is 82.7 cm³/mol. The maximum atomic E-state index is 12.5. The number of nitrogens with zero attached hydrogens (tertiary/aromatic N) is 2. The van der Waals surface area contributed by atoms with Gasteiger partial charge in [-0.3, -0.25) is 9.48 Å². The summed E-state index contributed by atoms with van der Waals surface area (Å²) in [7, 11) is 1.84. The van der Waals surface area contributed by atoms with Gasteiger partial charge in [-0.2, -0.15) is 5.10 Å². The number of carbonyl (C=O) groups excluding carboxylic acids is 1. The van der Waals surface area contributed by atoms with E-state index in [0.717, 1.165) is 18.5 Å². The summed E-state index contributed by atoms with van der Waals surface area (Å²) in [5.41, 5.74) is 2.08. The van der Waals surface area contributed by atoms with Gasteiger partial charge in [0, 0.05) is 24.7 Å². The van der Waals surface area contributed by atoms with Crippen molar-refractivity contribution in [1.82, 2.24) is 9.78 Å². The normalized spacial score (nSPS) is 13.6. The summed E-state index contributed by atoms with van der Waals surface area (Å²) < 4.78 is 6.85. The maximum absolute atomic E-state index is 12.5. The first-order valence-electron chi connectivity index (χ1n) is 7.32. The zero-order valence-corrected chi connectivity index (χ0v) is 12.7. The van der Waals surface area contributed by atoms with Gasteiger partial charge in [-0.15, -0.1) is 0 Å². The van der Waals surface area contributed by atoms with Crippen LogP contribution in [0.15, 0.2) is 30.5 Å². The number of nitrogens with one attached hydrogen (secondary N) is 1. The van der Waals surface area contributed by atoms with Crippen LogP contribution in [0.2, 0.25) is 0 Å². The number of carbonyl (C=O) groups is 2. The van der Waals surface area contributed by atoms with Gasteiger partial charge in [-0.1, -0.05) is 6.07 Å². The Balaban J connectivity index is 1.73. The molecule has 2 aromatic rings. The Morgan fingerprint density at radius 3 is 2.91 bits per heavy atom. The number of carboxylic acids is 1. The van der Waals surface area contributed by atoms with Crippen molar-refractivity contribution in [2.45, 2.75) is 18.8 Å². The topological polar surface area (TPSA) is 93.5 Å². The molecule has 0 unspecified atom stereocenters. The summed E-state index contributed by atoms with van der Waals surface area (Å²) in [4.78, 5) is 23.0. The Morgan fingerprint density at radius 2 is 2.22 bits per heavy atom. The van der Waals surface area contributed by atoms with Gasteiger partial charge in [0.25, 0.3) is 5.91 Å². The second kappa shape index (κ2) is 6.12. The highest BCUT2D eigenvalue weighted by Crippen LogP contribution is 2.41. The number of aliphatic carboxylic acids is 1. The number of carboxylic acid groups (broad SMARTS) is 1. The van der Waals surface area contributed by atoms with Gasteiger partial charge in [0.15, 0.2) is 6.61 Å². The first-order chi connectivity index (χ1) is 11.0. The van der Waals surface area contributed by atoms with Crippen molar-refractivity contribution in [3.8, 4) is 5.75 Å². The first-order valence-corrected chi connectivity index (χ1v) is 7.32. The van der Waals surface area contributed by atoms with Crippen LogP contribution in [0, 0.1) is 0 Å². The molecule has 0 saturated heterocycles. The van der Waals surface area contributed by atoms with Crippen LogP contribution in [0.1, 0.15) is 34.8 Å². The van der Waals surface area contributed by atoms with Gasteiger partial charge in [0.1, 0.15) is 5.75 Å². The third kappa shape index (κ3) is 3.50. The molecule has 0 spiro atoms. The fourth-order valence-electron chi connectivity index (χ4n) is 2.47. The van der Waals surface area contributed by atoms with Crippen LogP contribution < -0.4 is 10.1 Å². The molecular formula is C16H17N3O4. The molecule has 1 aliphatic carbocycles. The average Bonchev–Trinajstić information content (AvgIpc) is 3.27. The molecule has 120 valence electrons. The van der Waals surface area contributed by atoms with Gasteiger partial charge >= 0.3 is 5.97 Å². The van der Waals surface area contributed by atoms with Crippen LogP contribution >= 0.6 is 0 Å². The quantitative estimate of drug-likeness (QED) is 0.850. The van der Waals surface area contributed by atoms with Gasteiger partial charge in [-0.05, 0) is 25.0 Å². The highest BCUT2D eigenvalue weighted by atomic mass is 16.5. The number of amides is 1. The van der Waals surface area contributed by atoms with E-state index >= 15 is 0 Å². The molecule has 1 fully saturated rings. The molecule has 0 atom stereocenters. The summed E-state index contributed by atoms with van der Waals surface area (Å²) in [5.74, 6) is -0.480. The van der Waals surface area contributed by atoms with Crippen molar-refractivity contribution in [3.05, 3.63) is 41.7 Å². The van der Waals surface area contributed by atoms with E-state index in [4.69, 9.17) is 9.84 Å². The van der Waals surface area contributed by atoms with Gasteiger partial charge in [0.2, 0.25) is 0 Å². The highest BCUT2D eigenvalue weighted by Gasteiger charge is 2.31. The zero-order chi connectivity index (χ0) is 16.4. The second-order valence-electron chi connectivity index (χ2n) is 5.51. The van der Waals surface area contributed by atoms with Crippen LogP contribution in [-0.2, 0) is 11.8 Å². The van der Waals surface area contributed by atoms with Gasteiger partial charge in [0.05, 0.1) is 17.5 Å². The second-order valence-corrected chi connectivity index (χ2v) is 5.51. The molecule has 3 rings (SSSR count). The number of aromatic nitrogens is 2. The molecule has 2 N–H and O–H groups in total. The molecule has 7 nitrogen and oxygen atoms in total. The number of benzene rings is 1. The molecule has 1 saturated carbocycles. The average molecular weight is 315 g/mol. The van der Waals surface area contributed by atoms with Crippen LogP contribution in [0.3, 0.4) is 0 Å². The lowest BCUT2D eigenvalue weighted by molar-refractivity contribution is -0.139. The summed E-state index contributed by atoms with van der Waals surface area (Å²) in [5, 5.41) is 15.6. The van der Waals surface area contributed by atoms with Crippen molar-refractivity contribution >= 4 is 17.6 Å². The fourth-order valence-corrected chi connectivity index (χ4v) is 2.47. The molecule has 1 aromatic heterocycles. The van der Waals surface area contributed by atoms with Crippen LogP contribution in [0.5, 0.6) is 5.75 Å². The Morgan fingerprint density at radius 1 is 1.43 bits per heavy atom. The monoisotopic (exact) mass is 315 g/mol. The Kier molecular flexibility index (Phi) is 4.01. The van der Waals surface area contributed by atoms with Crippen molar-refractivity contribution in [2.24, 2.45) is 7.05 Å². The Bertz CT molecular complexity index is 750. The molecular weight excluding hydrogens is 298 g/mol. The lowest BCUT2D eigenvalue weighted by atomic mass is 10.1. The first kappa shape index (κ1) is 15.1. The molecule has 1 aliphatic rings. The van der Waals surface area contributed by atoms with Crippen LogP contribution in [-0.4, -0.2) is 33.4 Å². The van der Waals surface area contributed by atoms with E-state index in [9.17, 15) is 9.59 Å². The van der Waals surface area contributed by atoms with E-state index in [1.54, 1.807) is 35.1 Å². The number of hydrogen-bond acceptors (Lipinski definition) is 4. The zero-order valence-electron chi connectivity index (χ0n) is 12.7. The number of anilines is 1. The molecule has 0 radical (unpaired) electrons. The van der Waals surface area contributed by atoms with Crippen LogP contribution in [0.25, 0.3) is 0 Å². The molecule has 1 aromatic carbocycles. The smallest absolute Gasteiger partial charge is 0.341 e. The van der Waals surface area contributed by atoms with E-state index in [-0.39, 0.29) is 5.91 Å². The number of ether oxygens (including phenoxy) is 1. The standard InChI is InChI=1S/C16H17N3O4/c1-19-15(10-5-6-10)13(8-17-19)16(22)18-11-3-2-4-12(7-11)23-9-14(20)21/h2-4,7-8,10H,5-6,9H2,1H3,(H,18,22)(H,20,21). The largest absolute Gasteiger partial charge is 0.482 e. The molecule has 1 amide bonds. The molecule has 0 bridgehead atoms. The molecule has 0 aliphatic heterocycles. The SMILES string of the molecule is Cn1ncc(C(=O)Nc2cccc(OCC(=O)O)c2)c1C1CC1. The molecule has 7 heteroatoms. The lowest BCUT2D eigenvalue weighted by Crippen LogP contribution is -2.14. The van der Waals surface area contributed by atoms with Gasteiger partial charge < -0.3 is 15.2 Å². The third-order valence-corrected chi connectivity index (χ3v) is 3.65. The number of hydrogen-bond donors (Lipinski definition) is 2. The summed E-state index contributed by atoms with van der Waals surface area (Å²) in [6.07, 6.45) is 3.74. The van der Waals surface area contributed by atoms with Crippen molar-refractivity contribution in [1.29, 1.82) is 0 Å². The minimum Gasteiger partial charge on any atom is -0.482 e. The minimum absolute atomic E-state index is 0.226. The summed E-state index contributed by atoms with van der Waals surface area (Å²) in [6, 6.07) is 6.64. The number of aryl methyl sites for hydroxylation is 1. The maximum Gasteiger partial charge on any atom is 0.341 e. The van der Waals surface area contributed by atoms with E-state index in [0.29, 0.717) is 22.9 Å². The van der Waals surface area contributed by atoms with E-state index in [2.05, 4.69) is 10.4 Å². The Hall–Kier alpha value is -2.83. The minimum atomic E-state index is -1.05. The van der Waals surface area contributed by atoms with Crippen molar-refractivity contribution < 1.29 is 19.4 Å². The van der Waals surface area contributed by atoms with Gasteiger partial charge in [-0.25, -0.2) is 4.79 Å².